The minimum atomic E-state index is -1.48. The molecule has 0 bridgehead atoms. The largest absolute Gasteiger partial charge is 0.464 e. The van der Waals surface area contributed by atoms with Crippen LogP contribution in [0.1, 0.15) is 19.4 Å². The highest BCUT2D eigenvalue weighted by Crippen LogP contribution is 2.16. The molecule has 1 aromatic carbocycles. The summed E-state index contributed by atoms with van der Waals surface area (Å²) in [7, 11) is 0. The number of carbonyl (C=O) groups is 3. The van der Waals surface area contributed by atoms with Crippen molar-refractivity contribution in [3.05, 3.63) is 40.4 Å². The molecule has 0 radical (unpaired) electrons. The lowest BCUT2D eigenvalue weighted by molar-refractivity contribution is -0.159. The van der Waals surface area contributed by atoms with E-state index in [9.17, 15) is 14.4 Å². The van der Waals surface area contributed by atoms with Gasteiger partial charge in [-0.05, 0) is 31.6 Å². The normalized spacial score (nSPS) is 10.6. The molecule has 1 N–H and O–H groups in total. The summed E-state index contributed by atoms with van der Waals surface area (Å²) in [6.45, 7) is 3.40. The van der Waals surface area contributed by atoms with Gasteiger partial charge in [-0.1, -0.05) is 34.1 Å². The van der Waals surface area contributed by atoms with E-state index in [1.165, 1.54) is 6.08 Å². The molecule has 0 aromatic heterocycles. The predicted molar refractivity (Wildman–Crippen MR) is 88.4 cm³/mol. The zero-order chi connectivity index (χ0) is 17.2. The zero-order valence-electron chi connectivity index (χ0n) is 12.9. The Morgan fingerprint density at radius 3 is 2.22 bits per heavy atom. The molecule has 1 amide bonds. The highest BCUT2D eigenvalue weighted by molar-refractivity contribution is 9.10. The monoisotopic (exact) mass is 383 g/mol. The van der Waals surface area contributed by atoms with Crippen LogP contribution in [-0.4, -0.2) is 37.1 Å². The first-order chi connectivity index (χ1) is 11.0. The summed E-state index contributed by atoms with van der Waals surface area (Å²) in [5.41, 5.74) is 0.784. The molecular formula is C16H18BrNO5. The highest BCUT2D eigenvalue weighted by atomic mass is 79.9. The van der Waals surface area contributed by atoms with Crippen molar-refractivity contribution in [2.24, 2.45) is 0 Å². The molecule has 0 aliphatic carbocycles. The van der Waals surface area contributed by atoms with Crippen molar-refractivity contribution >= 4 is 39.9 Å². The van der Waals surface area contributed by atoms with Crippen LogP contribution >= 0.6 is 15.9 Å². The van der Waals surface area contributed by atoms with E-state index in [1.807, 2.05) is 24.3 Å². The van der Waals surface area contributed by atoms with Gasteiger partial charge in [0.15, 0.2) is 0 Å². The van der Waals surface area contributed by atoms with Crippen LogP contribution < -0.4 is 5.32 Å². The molecule has 0 aliphatic rings. The summed E-state index contributed by atoms with van der Waals surface area (Å²) in [5, 5.41) is 2.29. The number of benzene rings is 1. The van der Waals surface area contributed by atoms with Gasteiger partial charge in [-0.3, -0.25) is 4.79 Å². The van der Waals surface area contributed by atoms with E-state index >= 15 is 0 Å². The Labute approximate surface area is 143 Å². The van der Waals surface area contributed by atoms with Crippen molar-refractivity contribution in [1.82, 2.24) is 5.32 Å². The average Bonchev–Trinajstić information content (AvgIpc) is 2.52. The Morgan fingerprint density at radius 1 is 1.13 bits per heavy atom. The minimum absolute atomic E-state index is 0.0947. The van der Waals surface area contributed by atoms with E-state index in [0.717, 1.165) is 10.0 Å². The molecule has 0 unspecified atom stereocenters. The molecule has 1 rings (SSSR count). The van der Waals surface area contributed by atoms with Gasteiger partial charge in [0.25, 0.3) is 0 Å². The van der Waals surface area contributed by atoms with Gasteiger partial charge >= 0.3 is 11.9 Å². The fraction of sp³-hybridized carbons (Fsp3) is 0.312. The Kier molecular flexibility index (Phi) is 8.04. The number of halogens is 1. The second-order valence-corrected chi connectivity index (χ2v) is 5.15. The molecule has 0 saturated heterocycles. The lowest BCUT2D eigenvalue weighted by Crippen LogP contribution is -2.47. The molecule has 0 saturated carbocycles. The van der Waals surface area contributed by atoms with Crippen LogP contribution in [0.25, 0.3) is 6.08 Å². The maximum atomic E-state index is 11.9. The molecule has 0 atom stereocenters. The highest BCUT2D eigenvalue weighted by Gasteiger charge is 2.30. The van der Waals surface area contributed by atoms with E-state index in [4.69, 9.17) is 9.47 Å². The van der Waals surface area contributed by atoms with E-state index in [2.05, 4.69) is 21.2 Å². The second kappa shape index (κ2) is 9.78. The quantitative estimate of drug-likeness (QED) is 0.442. The van der Waals surface area contributed by atoms with Gasteiger partial charge in [-0.15, -0.1) is 0 Å². The predicted octanol–water partition coefficient (Wildman–Crippen LogP) is 2.07. The first kappa shape index (κ1) is 18.9. The Balaban J connectivity index is 2.78. The van der Waals surface area contributed by atoms with Crippen LogP contribution in [0.2, 0.25) is 0 Å². The van der Waals surface area contributed by atoms with Gasteiger partial charge in [0.05, 0.1) is 13.2 Å². The third-order valence-electron chi connectivity index (χ3n) is 2.65. The maximum absolute atomic E-state index is 11.9. The molecule has 7 heteroatoms. The number of hydrogen-bond donors (Lipinski definition) is 1. The van der Waals surface area contributed by atoms with Crippen LogP contribution in [0.4, 0.5) is 0 Å². The number of rotatable bonds is 7. The fourth-order valence-electron chi connectivity index (χ4n) is 1.63. The van der Waals surface area contributed by atoms with Crippen molar-refractivity contribution in [1.29, 1.82) is 0 Å². The number of ether oxygens (including phenoxy) is 2. The first-order valence-corrected chi connectivity index (χ1v) is 7.85. The summed E-state index contributed by atoms with van der Waals surface area (Å²) in [6, 6.07) is 5.83. The number of nitrogens with one attached hydrogen (secondary N) is 1. The van der Waals surface area contributed by atoms with Crippen molar-refractivity contribution in [3.63, 3.8) is 0 Å². The van der Waals surface area contributed by atoms with Crippen molar-refractivity contribution < 1.29 is 23.9 Å². The molecule has 0 heterocycles. The van der Waals surface area contributed by atoms with Gasteiger partial charge < -0.3 is 14.8 Å². The van der Waals surface area contributed by atoms with Crippen LogP contribution in [0, 0.1) is 0 Å². The van der Waals surface area contributed by atoms with Gasteiger partial charge in [0.2, 0.25) is 11.9 Å². The number of esters is 2. The number of hydrogen-bond acceptors (Lipinski definition) is 5. The maximum Gasteiger partial charge on any atom is 0.340 e. The third kappa shape index (κ3) is 6.23. The van der Waals surface area contributed by atoms with E-state index < -0.39 is 23.9 Å². The van der Waals surface area contributed by atoms with Crippen molar-refractivity contribution in [2.75, 3.05) is 13.2 Å². The van der Waals surface area contributed by atoms with Gasteiger partial charge in [0, 0.05) is 10.5 Å². The van der Waals surface area contributed by atoms with Gasteiger partial charge in [0.1, 0.15) is 0 Å². The van der Waals surface area contributed by atoms with Crippen LogP contribution in [0.3, 0.4) is 0 Å². The second-order valence-electron chi connectivity index (χ2n) is 4.30. The van der Waals surface area contributed by atoms with Gasteiger partial charge in [-0.2, -0.15) is 0 Å². The van der Waals surface area contributed by atoms with Crippen molar-refractivity contribution in [3.8, 4) is 0 Å². The standard InChI is InChI=1S/C16H18BrNO5/c1-3-22-15(20)14(16(21)23-4-2)18-13(19)10-9-11-7-5-6-8-12(11)17/h5-10,14H,3-4H2,1-2H3,(H,18,19). The summed E-state index contributed by atoms with van der Waals surface area (Å²) in [5.74, 6) is -2.31. The third-order valence-corrected chi connectivity index (χ3v) is 3.37. The van der Waals surface area contributed by atoms with Gasteiger partial charge in [-0.25, -0.2) is 9.59 Å². The van der Waals surface area contributed by atoms with E-state index in [0.29, 0.717) is 0 Å². The molecule has 124 valence electrons. The van der Waals surface area contributed by atoms with Crippen LogP contribution in [0.15, 0.2) is 34.8 Å². The topological polar surface area (TPSA) is 81.7 Å². The lowest BCUT2D eigenvalue weighted by atomic mass is 10.2. The van der Waals surface area contributed by atoms with Crippen LogP contribution in [0.5, 0.6) is 0 Å². The molecule has 23 heavy (non-hydrogen) atoms. The Morgan fingerprint density at radius 2 is 1.70 bits per heavy atom. The van der Waals surface area contributed by atoms with E-state index in [1.54, 1.807) is 19.9 Å². The SMILES string of the molecule is CCOC(=O)C(NC(=O)C=Cc1ccccc1Br)C(=O)OCC. The zero-order valence-corrected chi connectivity index (χ0v) is 14.5. The van der Waals surface area contributed by atoms with Crippen LogP contribution in [-0.2, 0) is 23.9 Å². The van der Waals surface area contributed by atoms with Crippen molar-refractivity contribution in [2.45, 2.75) is 19.9 Å². The molecular weight excluding hydrogens is 366 g/mol. The molecule has 0 fully saturated rings. The summed E-state index contributed by atoms with van der Waals surface area (Å²) < 4.78 is 10.4. The Hall–Kier alpha value is -2.15. The smallest absolute Gasteiger partial charge is 0.340 e. The summed E-state index contributed by atoms with van der Waals surface area (Å²) in [6.07, 6.45) is 2.79. The van der Waals surface area contributed by atoms with E-state index in [-0.39, 0.29) is 13.2 Å². The fourth-order valence-corrected chi connectivity index (χ4v) is 2.05. The molecule has 0 spiro atoms. The molecule has 0 aliphatic heterocycles. The minimum Gasteiger partial charge on any atom is -0.464 e. The molecule has 1 aromatic rings. The summed E-state index contributed by atoms with van der Waals surface area (Å²) >= 11 is 3.35. The molecule has 6 nitrogen and oxygen atoms in total. The average molecular weight is 384 g/mol. The summed E-state index contributed by atoms with van der Waals surface area (Å²) in [4.78, 5) is 35.4. The number of amides is 1. The number of carbonyl (C=O) groups excluding carboxylic acids is 3. The first-order valence-electron chi connectivity index (χ1n) is 7.06. The Bertz CT molecular complexity index is 582. The lowest BCUT2D eigenvalue weighted by Gasteiger charge is -2.14.